The fourth-order valence-corrected chi connectivity index (χ4v) is 1.68. The zero-order valence-electron chi connectivity index (χ0n) is 11.3. The van der Waals surface area contributed by atoms with E-state index in [1.165, 1.54) is 0 Å². The lowest BCUT2D eigenvalue weighted by Gasteiger charge is -2.08. The van der Waals surface area contributed by atoms with Gasteiger partial charge in [-0.25, -0.2) is 0 Å². The summed E-state index contributed by atoms with van der Waals surface area (Å²) in [4.78, 5) is 15.8. The van der Waals surface area contributed by atoms with Crippen molar-refractivity contribution in [3.8, 4) is 6.07 Å². The number of nitriles is 1. The number of rotatable bonds is 5. The maximum Gasteiger partial charge on any atom is 0.270 e. The van der Waals surface area contributed by atoms with Crippen molar-refractivity contribution in [2.45, 2.75) is 0 Å². The van der Waals surface area contributed by atoms with Crippen molar-refractivity contribution in [1.82, 2.24) is 10.3 Å². The first-order valence-electron chi connectivity index (χ1n) is 6.35. The molecule has 0 fully saturated rings. The van der Waals surface area contributed by atoms with Gasteiger partial charge in [0.1, 0.15) is 5.69 Å². The predicted molar refractivity (Wildman–Crippen MR) is 81.2 cm³/mol. The quantitative estimate of drug-likeness (QED) is 0.824. The highest BCUT2D eigenvalue weighted by atomic mass is 16.1. The molecule has 1 heterocycles. The second kappa shape index (κ2) is 6.87. The smallest absolute Gasteiger partial charge is 0.270 e. The van der Waals surface area contributed by atoms with Crippen LogP contribution in [0.1, 0.15) is 16.1 Å². The topological polar surface area (TPSA) is 77.8 Å². The molecule has 0 aliphatic carbocycles. The zero-order valence-corrected chi connectivity index (χ0v) is 11.3. The van der Waals surface area contributed by atoms with E-state index >= 15 is 0 Å². The highest BCUT2D eigenvalue weighted by molar-refractivity contribution is 5.93. The first-order valence-corrected chi connectivity index (χ1v) is 6.35. The molecule has 0 spiro atoms. The Bertz CT molecular complexity index is 686. The second-order valence-electron chi connectivity index (χ2n) is 4.24. The number of aromatic nitrogens is 1. The Balaban J connectivity index is 2.11. The lowest BCUT2D eigenvalue weighted by atomic mass is 10.2. The van der Waals surface area contributed by atoms with Gasteiger partial charge < -0.3 is 10.6 Å². The first kappa shape index (κ1) is 14.3. The van der Waals surface area contributed by atoms with Crippen LogP contribution in [0.5, 0.6) is 0 Å². The molecule has 2 aromatic rings. The van der Waals surface area contributed by atoms with Crippen LogP contribution < -0.4 is 10.6 Å². The summed E-state index contributed by atoms with van der Waals surface area (Å²) in [5.41, 5.74) is 2.51. The van der Waals surface area contributed by atoms with E-state index in [-0.39, 0.29) is 5.91 Å². The zero-order chi connectivity index (χ0) is 15.1. The maximum atomic E-state index is 11.8. The lowest BCUT2D eigenvalue weighted by molar-refractivity contribution is 0.0953. The molecular weight excluding hydrogens is 264 g/mol. The van der Waals surface area contributed by atoms with Crippen LogP contribution in [0.15, 0.2) is 55.3 Å². The minimum Gasteiger partial charge on any atom is -0.355 e. The van der Waals surface area contributed by atoms with E-state index in [0.717, 1.165) is 11.4 Å². The van der Waals surface area contributed by atoms with Crippen molar-refractivity contribution in [1.29, 1.82) is 5.26 Å². The number of benzene rings is 1. The number of nitrogens with one attached hydrogen (secondary N) is 2. The molecule has 1 aromatic carbocycles. The SMILES string of the molecule is C=CCNC(=O)c1cc(Nc2ccc(C#N)cc2)ccn1. The van der Waals surface area contributed by atoms with Crippen molar-refractivity contribution in [3.05, 3.63) is 66.5 Å². The van der Waals surface area contributed by atoms with E-state index in [1.54, 1.807) is 48.7 Å². The number of hydrogen-bond donors (Lipinski definition) is 2. The van der Waals surface area contributed by atoms with Crippen LogP contribution in [0.25, 0.3) is 0 Å². The summed E-state index contributed by atoms with van der Waals surface area (Å²) in [6, 6.07) is 12.5. The summed E-state index contributed by atoms with van der Waals surface area (Å²) in [6.45, 7) is 3.94. The highest BCUT2D eigenvalue weighted by Crippen LogP contribution is 2.17. The van der Waals surface area contributed by atoms with Gasteiger partial charge in [-0.2, -0.15) is 5.26 Å². The lowest BCUT2D eigenvalue weighted by Crippen LogP contribution is -2.24. The van der Waals surface area contributed by atoms with E-state index in [9.17, 15) is 4.79 Å². The number of carbonyl (C=O) groups excluding carboxylic acids is 1. The van der Waals surface area contributed by atoms with Crippen LogP contribution in [0.3, 0.4) is 0 Å². The van der Waals surface area contributed by atoms with Gasteiger partial charge in [0.2, 0.25) is 0 Å². The standard InChI is InChI=1S/C16H14N4O/c1-2-8-19-16(21)15-10-14(7-9-18-15)20-13-5-3-12(11-17)4-6-13/h2-7,9-10H,1,8H2,(H,18,20)(H,19,21). The third kappa shape index (κ3) is 3.91. The third-order valence-corrected chi connectivity index (χ3v) is 2.70. The molecule has 0 saturated heterocycles. The van der Waals surface area contributed by atoms with Crippen LogP contribution in [-0.2, 0) is 0 Å². The van der Waals surface area contributed by atoms with Gasteiger partial charge in [0.15, 0.2) is 0 Å². The molecule has 0 aliphatic rings. The van der Waals surface area contributed by atoms with Gasteiger partial charge in [-0.15, -0.1) is 6.58 Å². The summed E-state index contributed by atoms with van der Waals surface area (Å²) in [7, 11) is 0. The van der Waals surface area contributed by atoms with E-state index in [2.05, 4.69) is 28.3 Å². The molecule has 2 N–H and O–H groups in total. The Morgan fingerprint density at radius 2 is 2.05 bits per heavy atom. The molecule has 5 nitrogen and oxygen atoms in total. The molecule has 1 amide bonds. The highest BCUT2D eigenvalue weighted by Gasteiger charge is 2.06. The Kier molecular flexibility index (Phi) is 4.67. The van der Waals surface area contributed by atoms with E-state index in [4.69, 9.17) is 5.26 Å². The molecule has 0 aliphatic heterocycles. The Hall–Kier alpha value is -3.13. The number of amides is 1. The van der Waals surface area contributed by atoms with E-state index < -0.39 is 0 Å². The van der Waals surface area contributed by atoms with E-state index in [1.807, 2.05) is 0 Å². The number of hydrogen-bond acceptors (Lipinski definition) is 4. The summed E-state index contributed by atoms with van der Waals surface area (Å²) in [6.07, 6.45) is 3.17. The minimum atomic E-state index is -0.252. The summed E-state index contributed by atoms with van der Waals surface area (Å²) in [5, 5.41) is 14.6. The minimum absolute atomic E-state index is 0.252. The Morgan fingerprint density at radius 1 is 1.29 bits per heavy atom. The summed E-state index contributed by atoms with van der Waals surface area (Å²) >= 11 is 0. The first-order chi connectivity index (χ1) is 10.2. The van der Waals surface area contributed by atoms with Gasteiger partial charge >= 0.3 is 0 Å². The molecule has 0 radical (unpaired) electrons. The van der Waals surface area contributed by atoms with Gasteiger partial charge in [-0.3, -0.25) is 9.78 Å². The molecule has 104 valence electrons. The Labute approximate surface area is 122 Å². The van der Waals surface area contributed by atoms with Crippen molar-refractivity contribution < 1.29 is 4.79 Å². The van der Waals surface area contributed by atoms with E-state index in [0.29, 0.717) is 17.8 Å². The maximum absolute atomic E-state index is 11.8. The average molecular weight is 278 g/mol. The van der Waals surface area contributed by atoms with Crippen LogP contribution in [-0.4, -0.2) is 17.4 Å². The molecule has 0 saturated carbocycles. The fraction of sp³-hybridized carbons (Fsp3) is 0.0625. The molecule has 0 atom stereocenters. The number of carbonyl (C=O) groups is 1. The van der Waals surface area contributed by atoms with Crippen molar-refractivity contribution in [2.75, 3.05) is 11.9 Å². The van der Waals surface area contributed by atoms with Gasteiger partial charge in [0.05, 0.1) is 11.6 Å². The number of anilines is 2. The summed E-state index contributed by atoms with van der Waals surface area (Å²) in [5.74, 6) is -0.252. The largest absolute Gasteiger partial charge is 0.355 e. The third-order valence-electron chi connectivity index (χ3n) is 2.70. The molecule has 5 heteroatoms. The van der Waals surface area contributed by atoms with Gasteiger partial charge in [0.25, 0.3) is 5.91 Å². The molecule has 2 rings (SSSR count). The molecule has 0 unspecified atom stereocenters. The van der Waals surface area contributed by atoms with Crippen LogP contribution in [0.2, 0.25) is 0 Å². The number of nitrogens with zero attached hydrogens (tertiary/aromatic N) is 2. The van der Waals surface area contributed by atoms with Crippen molar-refractivity contribution in [2.24, 2.45) is 0 Å². The molecule has 0 bridgehead atoms. The van der Waals surface area contributed by atoms with Crippen molar-refractivity contribution >= 4 is 17.3 Å². The predicted octanol–water partition coefficient (Wildman–Crippen LogP) is 2.61. The van der Waals surface area contributed by atoms with Crippen LogP contribution >= 0.6 is 0 Å². The van der Waals surface area contributed by atoms with Crippen LogP contribution in [0, 0.1) is 11.3 Å². The van der Waals surface area contributed by atoms with Crippen LogP contribution in [0.4, 0.5) is 11.4 Å². The normalized spacial score (nSPS) is 9.48. The monoisotopic (exact) mass is 278 g/mol. The molecule has 21 heavy (non-hydrogen) atoms. The van der Waals surface area contributed by atoms with Gasteiger partial charge in [-0.05, 0) is 36.4 Å². The molecule has 1 aromatic heterocycles. The molecular formula is C16H14N4O. The van der Waals surface area contributed by atoms with Gasteiger partial charge in [0, 0.05) is 24.1 Å². The fourth-order valence-electron chi connectivity index (χ4n) is 1.68. The average Bonchev–Trinajstić information content (AvgIpc) is 2.53. The second-order valence-corrected chi connectivity index (χ2v) is 4.24. The van der Waals surface area contributed by atoms with Crippen molar-refractivity contribution in [3.63, 3.8) is 0 Å². The summed E-state index contributed by atoms with van der Waals surface area (Å²) < 4.78 is 0. The Morgan fingerprint density at radius 3 is 2.71 bits per heavy atom. The number of pyridine rings is 1. The van der Waals surface area contributed by atoms with Gasteiger partial charge in [-0.1, -0.05) is 6.08 Å².